The molecule has 0 radical (unpaired) electrons. The van der Waals surface area contributed by atoms with Crippen molar-refractivity contribution in [3.05, 3.63) is 54.1 Å². The molecule has 2 heterocycles. The minimum atomic E-state index is -0.241. The molecule has 8 nitrogen and oxygen atoms in total. The Morgan fingerprint density at radius 3 is 2.73 bits per heavy atom. The van der Waals surface area contributed by atoms with Gasteiger partial charge in [0.2, 0.25) is 0 Å². The van der Waals surface area contributed by atoms with Gasteiger partial charge in [-0.15, -0.1) is 24.0 Å². The fraction of sp³-hybridized carbons (Fsp3) is 0.476. The fourth-order valence-corrected chi connectivity index (χ4v) is 3.42. The van der Waals surface area contributed by atoms with E-state index in [4.69, 9.17) is 10.5 Å². The molecule has 2 aromatic rings. The topological polar surface area (TPSA) is 97.8 Å². The summed E-state index contributed by atoms with van der Waals surface area (Å²) in [6.07, 6.45) is 6.12. The van der Waals surface area contributed by atoms with Crippen molar-refractivity contribution in [2.45, 2.75) is 45.3 Å². The van der Waals surface area contributed by atoms with Gasteiger partial charge in [0.1, 0.15) is 12.4 Å². The first kappa shape index (κ1) is 24.0. The summed E-state index contributed by atoms with van der Waals surface area (Å²) in [5.74, 6) is 1.31. The van der Waals surface area contributed by atoms with E-state index in [1.54, 1.807) is 11.1 Å². The Bertz CT molecular complexity index is 803. The number of piperidine rings is 1. The van der Waals surface area contributed by atoms with Crippen LogP contribution in [0.3, 0.4) is 0 Å². The Balaban J connectivity index is 0.00000320. The first-order chi connectivity index (χ1) is 14.2. The SMILES string of the molecule is CCOC(=O)N1CCC(NC(N)=NCc2nccn2CCc2ccccc2)CC1.I. The van der Waals surface area contributed by atoms with Crippen molar-refractivity contribution >= 4 is 36.0 Å². The molecule has 164 valence electrons. The standard InChI is InChI=1S/C21H30N6O2.HI/c1-2-29-21(28)27-13-9-18(10-14-27)25-20(22)24-16-19-23-11-15-26(19)12-8-17-6-4-3-5-7-17;/h3-7,11,15,18H,2,8-10,12-14,16H2,1H3,(H3,22,24,25);1H. The van der Waals surface area contributed by atoms with Crippen molar-refractivity contribution in [1.29, 1.82) is 0 Å². The van der Waals surface area contributed by atoms with Gasteiger partial charge >= 0.3 is 6.09 Å². The largest absolute Gasteiger partial charge is 0.450 e. The molecule has 0 saturated carbocycles. The monoisotopic (exact) mass is 526 g/mol. The second-order valence-electron chi connectivity index (χ2n) is 7.08. The molecule has 1 aliphatic heterocycles. The van der Waals surface area contributed by atoms with Gasteiger partial charge in [-0.2, -0.15) is 0 Å². The van der Waals surface area contributed by atoms with Gasteiger partial charge in [0.05, 0.1) is 6.61 Å². The molecule has 1 amide bonds. The van der Waals surface area contributed by atoms with E-state index < -0.39 is 0 Å². The highest BCUT2D eigenvalue weighted by Crippen LogP contribution is 2.11. The average molecular weight is 526 g/mol. The summed E-state index contributed by atoms with van der Waals surface area (Å²) in [5, 5.41) is 3.26. The lowest BCUT2D eigenvalue weighted by atomic mass is 10.1. The van der Waals surface area contributed by atoms with Crippen LogP contribution in [0.4, 0.5) is 4.79 Å². The number of nitrogens with two attached hydrogens (primary N) is 1. The van der Waals surface area contributed by atoms with Gasteiger partial charge in [-0.25, -0.2) is 14.8 Å². The lowest BCUT2D eigenvalue weighted by molar-refractivity contribution is 0.0963. The van der Waals surface area contributed by atoms with E-state index in [9.17, 15) is 4.79 Å². The number of rotatable bonds is 7. The zero-order valence-corrected chi connectivity index (χ0v) is 19.7. The van der Waals surface area contributed by atoms with Gasteiger partial charge in [-0.3, -0.25) is 0 Å². The predicted octanol–water partition coefficient (Wildman–Crippen LogP) is 2.77. The quantitative estimate of drug-likeness (QED) is 0.329. The van der Waals surface area contributed by atoms with E-state index >= 15 is 0 Å². The van der Waals surface area contributed by atoms with Crippen LogP contribution in [0.25, 0.3) is 0 Å². The molecular weight excluding hydrogens is 495 g/mol. The van der Waals surface area contributed by atoms with Crippen molar-refractivity contribution in [2.75, 3.05) is 19.7 Å². The van der Waals surface area contributed by atoms with Gasteiger partial charge in [-0.1, -0.05) is 30.3 Å². The molecule has 0 unspecified atom stereocenters. The summed E-state index contributed by atoms with van der Waals surface area (Å²) >= 11 is 0. The number of imidazole rings is 1. The van der Waals surface area contributed by atoms with Crippen molar-refractivity contribution in [3.8, 4) is 0 Å². The van der Waals surface area contributed by atoms with E-state index in [0.717, 1.165) is 31.6 Å². The third-order valence-electron chi connectivity index (χ3n) is 5.05. The summed E-state index contributed by atoms with van der Waals surface area (Å²) in [5.41, 5.74) is 7.37. The number of amides is 1. The molecule has 0 aliphatic carbocycles. The van der Waals surface area contributed by atoms with Crippen LogP contribution >= 0.6 is 24.0 Å². The minimum absolute atomic E-state index is 0. The maximum atomic E-state index is 11.8. The number of ether oxygens (including phenoxy) is 1. The van der Waals surface area contributed by atoms with E-state index in [1.807, 2.05) is 19.2 Å². The maximum absolute atomic E-state index is 11.8. The summed E-state index contributed by atoms with van der Waals surface area (Å²) in [6, 6.07) is 10.6. The molecule has 1 fully saturated rings. The number of guanidine groups is 1. The third-order valence-corrected chi connectivity index (χ3v) is 5.05. The van der Waals surface area contributed by atoms with Crippen molar-refractivity contribution in [1.82, 2.24) is 19.8 Å². The molecule has 1 saturated heterocycles. The van der Waals surface area contributed by atoms with Crippen LogP contribution in [0.5, 0.6) is 0 Å². The number of aromatic nitrogens is 2. The fourth-order valence-electron chi connectivity index (χ4n) is 3.42. The molecule has 30 heavy (non-hydrogen) atoms. The van der Waals surface area contributed by atoms with Crippen LogP contribution in [-0.4, -0.2) is 52.2 Å². The zero-order chi connectivity index (χ0) is 20.5. The minimum Gasteiger partial charge on any atom is -0.450 e. The molecule has 3 N–H and O–H groups in total. The highest BCUT2D eigenvalue weighted by atomic mass is 127. The molecule has 1 aromatic carbocycles. The molecule has 0 atom stereocenters. The van der Waals surface area contributed by atoms with Crippen LogP contribution < -0.4 is 11.1 Å². The third kappa shape index (κ3) is 7.19. The first-order valence-corrected chi connectivity index (χ1v) is 10.2. The number of hydrogen-bond acceptors (Lipinski definition) is 4. The number of halogens is 1. The normalized spacial score (nSPS) is 14.8. The average Bonchev–Trinajstić information content (AvgIpc) is 3.19. The number of nitrogens with one attached hydrogen (secondary N) is 1. The molecule has 0 spiro atoms. The number of likely N-dealkylation sites (tertiary alicyclic amines) is 1. The zero-order valence-electron chi connectivity index (χ0n) is 17.4. The van der Waals surface area contributed by atoms with Gasteiger partial charge < -0.3 is 25.3 Å². The number of nitrogens with zero attached hydrogens (tertiary/aromatic N) is 4. The number of aliphatic imine (C=N–C) groups is 1. The molecule has 9 heteroatoms. The lowest BCUT2D eigenvalue weighted by Crippen LogP contribution is -2.48. The number of carbonyl (C=O) groups is 1. The first-order valence-electron chi connectivity index (χ1n) is 10.2. The Kier molecular flexibility index (Phi) is 9.92. The summed E-state index contributed by atoms with van der Waals surface area (Å²) in [4.78, 5) is 22.4. The molecule has 0 bridgehead atoms. The van der Waals surface area contributed by atoms with Gasteiger partial charge in [0, 0.05) is 38.1 Å². The van der Waals surface area contributed by atoms with E-state index in [0.29, 0.717) is 32.2 Å². The van der Waals surface area contributed by atoms with E-state index in [1.165, 1.54) is 5.56 Å². The van der Waals surface area contributed by atoms with Crippen LogP contribution in [-0.2, 0) is 24.2 Å². The summed E-state index contributed by atoms with van der Waals surface area (Å²) < 4.78 is 7.16. The molecule has 3 rings (SSSR count). The van der Waals surface area contributed by atoms with E-state index in [2.05, 4.69) is 44.1 Å². The second kappa shape index (κ2) is 12.4. The Morgan fingerprint density at radius 1 is 1.30 bits per heavy atom. The summed E-state index contributed by atoms with van der Waals surface area (Å²) in [7, 11) is 0. The number of aryl methyl sites for hydroxylation is 2. The number of carbonyl (C=O) groups excluding carboxylic acids is 1. The Hall–Kier alpha value is -2.30. The molecular formula is C21H31IN6O2. The number of hydrogen-bond donors (Lipinski definition) is 2. The maximum Gasteiger partial charge on any atom is 0.409 e. The van der Waals surface area contributed by atoms with Gasteiger partial charge in [-0.05, 0) is 31.7 Å². The van der Waals surface area contributed by atoms with Crippen LogP contribution in [0.2, 0.25) is 0 Å². The van der Waals surface area contributed by atoms with E-state index in [-0.39, 0.29) is 36.1 Å². The van der Waals surface area contributed by atoms with Crippen molar-refractivity contribution < 1.29 is 9.53 Å². The second-order valence-corrected chi connectivity index (χ2v) is 7.08. The van der Waals surface area contributed by atoms with Crippen molar-refractivity contribution in [3.63, 3.8) is 0 Å². The Labute approximate surface area is 194 Å². The van der Waals surface area contributed by atoms with Gasteiger partial charge in [0.25, 0.3) is 0 Å². The van der Waals surface area contributed by atoms with Crippen LogP contribution in [0.15, 0.2) is 47.7 Å². The predicted molar refractivity (Wildman–Crippen MR) is 128 cm³/mol. The number of benzene rings is 1. The Morgan fingerprint density at radius 2 is 2.03 bits per heavy atom. The molecule has 1 aromatic heterocycles. The lowest BCUT2D eigenvalue weighted by Gasteiger charge is -2.31. The highest BCUT2D eigenvalue weighted by Gasteiger charge is 2.23. The van der Waals surface area contributed by atoms with Gasteiger partial charge in [0.15, 0.2) is 5.96 Å². The van der Waals surface area contributed by atoms with Crippen molar-refractivity contribution in [2.24, 2.45) is 10.7 Å². The summed E-state index contributed by atoms with van der Waals surface area (Å²) in [6.45, 7) is 4.83. The van der Waals surface area contributed by atoms with Crippen LogP contribution in [0, 0.1) is 0 Å². The van der Waals surface area contributed by atoms with Crippen LogP contribution in [0.1, 0.15) is 31.2 Å². The highest BCUT2D eigenvalue weighted by molar-refractivity contribution is 14.0. The molecule has 1 aliphatic rings. The smallest absolute Gasteiger partial charge is 0.409 e.